The molecule has 1 atom stereocenters. The molecule has 0 aliphatic carbocycles. The van der Waals surface area contributed by atoms with Gasteiger partial charge >= 0.3 is 0 Å². The molecule has 2 aromatic carbocycles. The number of phenols is 1. The molecule has 0 aliphatic heterocycles. The first-order valence-corrected chi connectivity index (χ1v) is 6.47. The lowest BCUT2D eigenvalue weighted by atomic mass is 10.1. The van der Waals surface area contributed by atoms with Crippen molar-refractivity contribution in [3.63, 3.8) is 0 Å². The summed E-state index contributed by atoms with van der Waals surface area (Å²) in [5.41, 5.74) is 1.73. The number of phenolic OH excluding ortho intramolecular Hbond substituents is 1. The fraction of sp³-hybridized carbons (Fsp3) is 0.250. The van der Waals surface area contributed by atoms with Crippen LogP contribution in [0, 0.1) is 5.82 Å². The number of nitrogens with one attached hydrogen (secondary N) is 1. The van der Waals surface area contributed by atoms with Gasteiger partial charge in [0.2, 0.25) is 0 Å². The van der Waals surface area contributed by atoms with Crippen molar-refractivity contribution in [2.75, 3.05) is 7.05 Å². The number of rotatable bonds is 5. The summed E-state index contributed by atoms with van der Waals surface area (Å²) < 4.78 is 19.1. The smallest absolute Gasteiger partial charge is 0.127 e. The minimum absolute atomic E-state index is 0.0646. The van der Waals surface area contributed by atoms with E-state index < -0.39 is 0 Å². The maximum atomic E-state index is 13.4. The predicted octanol–water partition coefficient (Wildman–Crippen LogP) is 3.39. The van der Waals surface area contributed by atoms with E-state index in [9.17, 15) is 9.50 Å². The van der Waals surface area contributed by atoms with Crippen molar-refractivity contribution < 1.29 is 14.2 Å². The quantitative estimate of drug-likeness (QED) is 0.879. The Morgan fingerprint density at radius 1 is 1.25 bits per heavy atom. The van der Waals surface area contributed by atoms with E-state index in [2.05, 4.69) is 5.32 Å². The molecule has 2 rings (SSSR count). The third-order valence-electron chi connectivity index (χ3n) is 3.18. The lowest BCUT2D eigenvalue weighted by Crippen LogP contribution is -2.14. The van der Waals surface area contributed by atoms with Crippen LogP contribution in [0.1, 0.15) is 24.1 Å². The van der Waals surface area contributed by atoms with E-state index in [1.165, 1.54) is 12.1 Å². The fourth-order valence-electron chi connectivity index (χ4n) is 1.95. The molecule has 2 N–H and O–H groups in total. The van der Waals surface area contributed by atoms with Crippen molar-refractivity contribution in [1.29, 1.82) is 0 Å². The molecular weight excluding hydrogens is 257 g/mol. The summed E-state index contributed by atoms with van der Waals surface area (Å²) >= 11 is 0. The molecule has 4 heteroatoms. The Hall–Kier alpha value is -2.07. The molecule has 0 amide bonds. The number of hydrogen-bond acceptors (Lipinski definition) is 3. The van der Waals surface area contributed by atoms with E-state index in [0.717, 1.165) is 11.1 Å². The molecule has 2 aromatic rings. The van der Waals surface area contributed by atoms with Gasteiger partial charge in [-0.2, -0.15) is 0 Å². The molecule has 3 nitrogen and oxygen atoms in total. The van der Waals surface area contributed by atoms with Gasteiger partial charge in [0, 0.05) is 17.7 Å². The van der Waals surface area contributed by atoms with Crippen molar-refractivity contribution in [3.05, 3.63) is 59.4 Å². The largest absolute Gasteiger partial charge is 0.508 e. The monoisotopic (exact) mass is 275 g/mol. The first-order chi connectivity index (χ1) is 9.60. The van der Waals surface area contributed by atoms with Gasteiger partial charge in [0.1, 0.15) is 23.9 Å². The summed E-state index contributed by atoms with van der Waals surface area (Å²) in [6.45, 7) is 2.26. The van der Waals surface area contributed by atoms with Gasteiger partial charge in [-0.1, -0.05) is 18.2 Å². The van der Waals surface area contributed by atoms with Crippen LogP contribution >= 0.6 is 0 Å². The van der Waals surface area contributed by atoms with Crippen LogP contribution in [0.4, 0.5) is 4.39 Å². The lowest BCUT2D eigenvalue weighted by Gasteiger charge is -2.16. The molecule has 0 radical (unpaired) electrons. The molecule has 0 aliphatic rings. The van der Waals surface area contributed by atoms with Gasteiger partial charge in [0.25, 0.3) is 0 Å². The number of benzene rings is 2. The van der Waals surface area contributed by atoms with Crippen LogP contribution in [0.25, 0.3) is 0 Å². The minimum atomic E-state index is -0.331. The van der Waals surface area contributed by atoms with Gasteiger partial charge in [-0.25, -0.2) is 4.39 Å². The lowest BCUT2D eigenvalue weighted by molar-refractivity contribution is 0.298. The molecule has 106 valence electrons. The summed E-state index contributed by atoms with van der Waals surface area (Å²) in [6.07, 6.45) is 0. The highest BCUT2D eigenvalue weighted by atomic mass is 19.1. The Balaban J connectivity index is 2.18. The van der Waals surface area contributed by atoms with E-state index in [4.69, 9.17) is 4.74 Å². The van der Waals surface area contributed by atoms with Gasteiger partial charge in [0.15, 0.2) is 0 Å². The first kappa shape index (κ1) is 14.3. The number of halogens is 1. The molecule has 0 saturated heterocycles. The summed E-state index contributed by atoms with van der Waals surface area (Å²) in [5, 5.41) is 12.5. The van der Waals surface area contributed by atoms with Crippen molar-refractivity contribution in [2.24, 2.45) is 0 Å². The zero-order valence-corrected chi connectivity index (χ0v) is 11.6. The summed E-state index contributed by atoms with van der Waals surface area (Å²) in [4.78, 5) is 0. The summed E-state index contributed by atoms with van der Waals surface area (Å²) in [6, 6.07) is 11.4. The topological polar surface area (TPSA) is 41.5 Å². The van der Waals surface area contributed by atoms with Crippen LogP contribution in [0.15, 0.2) is 42.5 Å². The molecule has 0 fully saturated rings. The number of hydrogen-bond donors (Lipinski definition) is 2. The molecule has 0 saturated carbocycles. The molecule has 0 spiro atoms. The van der Waals surface area contributed by atoms with Crippen LogP contribution in [-0.4, -0.2) is 12.2 Å². The summed E-state index contributed by atoms with van der Waals surface area (Å²) in [5.74, 6) is 0.368. The second-order valence-corrected chi connectivity index (χ2v) is 4.65. The van der Waals surface area contributed by atoms with Gasteiger partial charge in [-0.05, 0) is 37.7 Å². The second kappa shape index (κ2) is 6.39. The highest BCUT2D eigenvalue weighted by Crippen LogP contribution is 2.27. The Kier molecular flexibility index (Phi) is 4.58. The normalized spacial score (nSPS) is 12.2. The van der Waals surface area contributed by atoms with Crippen LogP contribution in [-0.2, 0) is 6.61 Å². The molecular formula is C16H18FNO2. The highest BCUT2D eigenvalue weighted by Gasteiger charge is 2.11. The minimum Gasteiger partial charge on any atom is -0.508 e. The van der Waals surface area contributed by atoms with Crippen molar-refractivity contribution >= 4 is 0 Å². The Morgan fingerprint density at radius 3 is 2.75 bits per heavy atom. The number of aromatic hydroxyl groups is 1. The van der Waals surface area contributed by atoms with Crippen LogP contribution in [0.5, 0.6) is 11.5 Å². The van der Waals surface area contributed by atoms with Crippen molar-refractivity contribution in [3.8, 4) is 11.5 Å². The molecule has 1 unspecified atom stereocenters. The van der Waals surface area contributed by atoms with Crippen LogP contribution in [0.3, 0.4) is 0 Å². The molecule has 0 bridgehead atoms. The highest BCUT2D eigenvalue weighted by molar-refractivity contribution is 5.37. The van der Waals surface area contributed by atoms with Gasteiger partial charge < -0.3 is 15.2 Å². The zero-order chi connectivity index (χ0) is 14.5. The Labute approximate surface area is 118 Å². The third kappa shape index (κ3) is 3.48. The average molecular weight is 275 g/mol. The van der Waals surface area contributed by atoms with Crippen molar-refractivity contribution in [1.82, 2.24) is 5.32 Å². The van der Waals surface area contributed by atoms with Gasteiger partial charge in [0.05, 0.1) is 0 Å². The molecule has 0 aromatic heterocycles. The summed E-state index contributed by atoms with van der Waals surface area (Å²) in [7, 11) is 1.84. The average Bonchev–Trinajstić information content (AvgIpc) is 2.44. The predicted molar refractivity (Wildman–Crippen MR) is 76.3 cm³/mol. The Bertz CT molecular complexity index is 586. The van der Waals surface area contributed by atoms with Crippen LogP contribution < -0.4 is 10.1 Å². The van der Waals surface area contributed by atoms with E-state index >= 15 is 0 Å². The van der Waals surface area contributed by atoms with E-state index in [-0.39, 0.29) is 24.2 Å². The third-order valence-corrected chi connectivity index (χ3v) is 3.18. The van der Waals surface area contributed by atoms with E-state index in [1.54, 1.807) is 24.3 Å². The fourth-order valence-corrected chi connectivity index (χ4v) is 1.95. The van der Waals surface area contributed by atoms with E-state index in [1.807, 2.05) is 20.0 Å². The first-order valence-electron chi connectivity index (χ1n) is 6.47. The maximum Gasteiger partial charge on any atom is 0.127 e. The van der Waals surface area contributed by atoms with Crippen molar-refractivity contribution in [2.45, 2.75) is 19.6 Å². The standard InChI is InChI=1S/C16H18FNO2/c1-11(18-2)15-7-6-13(17)9-16(15)20-10-12-4-3-5-14(19)8-12/h3-9,11,18-19H,10H2,1-2H3. The Morgan fingerprint density at radius 2 is 2.05 bits per heavy atom. The second-order valence-electron chi connectivity index (χ2n) is 4.65. The maximum absolute atomic E-state index is 13.4. The van der Waals surface area contributed by atoms with Gasteiger partial charge in [-0.15, -0.1) is 0 Å². The zero-order valence-electron chi connectivity index (χ0n) is 11.6. The molecule has 0 heterocycles. The molecule has 20 heavy (non-hydrogen) atoms. The van der Waals surface area contributed by atoms with Crippen LogP contribution in [0.2, 0.25) is 0 Å². The van der Waals surface area contributed by atoms with E-state index in [0.29, 0.717) is 5.75 Å². The number of ether oxygens (including phenoxy) is 1. The SMILES string of the molecule is CNC(C)c1ccc(F)cc1OCc1cccc(O)c1. The van der Waals surface area contributed by atoms with Gasteiger partial charge in [-0.3, -0.25) is 0 Å².